The van der Waals surface area contributed by atoms with E-state index >= 15 is 0 Å². The third-order valence-electron chi connectivity index (χ3n) is 2.61. The molecule has 20 heavy (non-hydrogen) atoms. The number of halogens is 4. The molecule has 0 aromatic carbocycles. The molecule has 0 saturated heterocycles. The highest BCUT2D eigenvalue weighted by Crippen LogP contribution is 2.35. The van der Waals surface area contributed by atoms with Crippen molar-refractivity contribution in [1.29, 1.82) is 0 Å². The lowest BCUT2D eigenvalue weighted by Crippen LogP contribution is -2.14. The summed E-state index contributed by atoms with van der Waals surface area (Å²) in [4.78, 5) is 3.76. The summed E-state index contributed by atoms with van der Waals surface area (Å²) in [5.41, 5.74) is -0.825. The van der Waals surface area contributed by atoms with Crippen molar-refractivity contribution in [3.63, 3.8) is 0 Å². The molecule has 1 N–H and O–H groups in total. The molecule has 0 saturated carbocycles. The van der Waals surface area contributed by atoms with Gasteiger partial charge in [0.25, 0.3) is 0 Å². The lowest BCUT2D eigenvalue weighted by molar-refractivity contribution is -0.137. The van der Waals surface area contributed by atoms with Crippen LogP contribution in [0.2, 0.25) is 0 Å². The van der Waals surface area contributed by atoms with Crippen molar-refractivity contribution in [3.8, 4) is 0 Å². The fraction of sp³-hybridized carbons (Fsp3) is 0.364. The molecule has 2 heterocycles. The Bertz CT molecular complexity index is 596. The Balaban J connectivity index is 2.22. The molecule has 0 aliphatic rings. The summed E-state index contributed by atoms with van der Waals surface area (Å²) in [5.74, 6) is 0.316. The smallest absolute Gasteiger partial charge is 0.362 e. The molecule has 2 aromatic heterocycles. The van der Waals surface area contributed by atoms with Crippen LogP contribution in [0.25, 0.3) is 0 Å². The van der Waals surface area contributed by atoms with Gasteiger partial charge >= 0.3 is 6.18 Å². The lowest BCUT2D eigenvalue weighted by atomic mass is 10.2. The summed E-state index contributed by atoms with van der Waals surface area (Å²) in [6, 6.07) is 0.986. The van der Waals surface area contributed by atoms with E-state index in [0.717, 1.165) is 6.07 Å². The van der Waals surface area contributed by atoms with Crippen LogP contribution in [-0.2, 0) is 19.3 Å². The summed E-state index contributed by atoms with van der Waals surface area (Å²) in [6.45, 7) is 2.65. The first-order valence-corrected chi connectivity index (χ1v) is 6.54. The predicted octanol–water partition coefficient (Wildman–Crippen LogP) is 3.09. The van der Waals surface area contributed by atoms with Crippen molar-refractivity contribution in [3.05, 3.63) is 34.5 Å². The van der Waals surface area contributed by atoms with Crippen molar-refractivity contribution in [1.82, 2.24) is 19.7 Å². The number of anilines is 1. The Morgan fingerprint density at radius 3 is 2.80 bits per heavy atom. The van der Waals surface area contributed by atoms with Gasteiger partial charge in [0.1, 0.15) is 12.1 Å². The van der Waals surface area contributed by atoms with Gasteiger partial charge < -0.3 is 9.88 Å². The zero-order valence-corrected chi connectivity index (χ0v) is 12.0. The molecule has 0 spiro atoms. The molecule has 5 nitrogen and oxygen atoms in total. The van der Waals surface area contributed by atoms with E-state index in [0.29, 0.717) is 12.4 Å². The van der Waals surface area contributed by atoms with Crippen molar-refractivity contribution in [2.24, 2.45) is 0 Å². The number of nitrogens with one attached hydrogen (secondary N) is 1. The first-order valence-electron chi connectivity index (χ1n) is 5.75. The Morgan fingerprint density at radius 2 is 2.15 bits per heavy atom. The highest BCUT2D eigenvalue weighted by Gasteiger charge is 2.34. The van der Waals surface area contributed by atoms with Crippen LogP contribution in [0.3, 0.4) is 0 Å². The Morgan fingerprint density at radius 1 is 1.40 bits per heavy atom. The van der Waals surface area contributed by atoms with E-state index in [-0.39, 0.29) is 16.8 Å². The molecule has 0 atom stereocenters. The van der Waals surface area contributed by atoms with Gasteiger partial charge in [0.15, 0.2) is 5.82 Å². The third-order valence-corrected chi connectivity index (χ3v) is 3.04. The molecule has 0 aliphatic heterocycles. The largest absolute Gasteiger partial charge is 0.419 e. The van der Waals surface area contributed by atoms with Gasteiger partial charge in [-0.3, -0.25) is 0 Å². The van der Waals surface area contributed by atoms with E-state index < -0.39 is 11.7 Å². The first kappa shape index (κ1) is 14.8. The normalized spacial score (nSPS) is 11.7. The maximum absolute atomic E-state index is 12.9. The van der Waals surface area contributed by atoms with Crippen LogP contribution in [0.1, 0.15) is 18.3 Å². The van der Waals surface area contributed by atoms with Gasteiger partial charge in [-0.1, -0.05) is 0 Å². The van der Waals surface area contributed by atoms with Gasteiger partial charge in [0, 0.05) is 17.2 Å². The average molecular weight is 350 g/mol. The zero-order valence-electron chi connectivity index (χ0n) is 10.4. The molecule has 0 fully saturated rings. The second-order valence-corrected chi connectivity index (χ2v) is 4.85. The number of alkyl halides is 3. The molecule has 9 heteroatoms. The molecular formula is C11H11BrF3N5. The highest BCUT2D eigenvalue weighted by molar-refractivity contribution is 9.10. The average Bonchev–Trinajstić information content (AvgIpc) is 2.83. The summed E-state index contributed by atoms with van der Waals surface area (Å²) in [7, 11) is 0. The number of aryl methyl sites for hydroxylation is 1. The molecular weight excluding hydrogens is 339 g/mol. The minimum absolute atomic E-state index is 0.117. The van der Waals surface area contributed by atoms with Gasteiger partial charge in [-0.15, -0.1) is 10.2 Å². The maximum Gasteiger partial charge on any atom is 0.419 e. The monoisotopic (exact) mass is 349 g/mol. The Hall–Kier alpha value is -1.64. The standard InChI is InChI=1S/C11H11BrF3N5/c1-2-20-6-18-19-9(20)5-17-10-8(11(13,14)15)3-7(12)4-16-10/h3-4,6H,2,5H2,1H3,(H,16,17). The second-order valence-electron chi connectivity index (χ2n) is 3.93. The predicted molar refractivity (Wildman–Crippen MR) is 70.0 cm³/mol. The van der Waals surface area contributed by atoms with Gasteiger partial charge in [0.2, 0.25) is 0 Å². The number of hydrogen-bond donors (Lipinski definition) is 1. The van der Waals surface area contributed by atoms with E-state index in [1.54, 1.807) is 4.57 Å². The van der Waals surface area contributed by atoms with Crippen molar-refractivity contribution in [2.45, 2.75) is 26.2 Å². The number of pyridine rings is 1. The molecule has 0 unspecified atom stereocenters. The molecule has 2 aromatic rings. The van der Waals surface area contributed by atoms with Gasteiger partial charge in [0.05, 0.1) is 12.1 Å². The van der Waals surface area contributed by atoms with Crippen molar-refractivity contribution < 1.29 is 13.2 Å². The summed E-state index contributed by atoms with van der Waals surface area (Å²) < 4.78 is 40.7. The van der Waals surface area contributed by atoms with E-state index in [4.69, 9.17) is 0 Å². The van der Waals surface area contributed by atoms with E-state index in [2.05, 4.69) is 36.4 Å². The zero-order chi connectivity index (χ0) is 14.8. The third kappa shape index (κ3) is 3.27. The SMILES string of the molecule is CCn1cnnc1CNc1ncc(Br)cc1C(F)(F)F. The fourth-order valence-corrected chi connectivity index (χ4v) is 1.97. The number of nitrogens with zero attached hydrogens (tertiary/aromatic N) is 4. The van der Waals surface area contributed by atoms with Crippen LogP contribution in [0, 0.1) is 0 Å². The topological polar surface area (TPSA) is 55.6 Å². The highest BCUT2D eigenvalue weighted by atomic mass is 79.9. The molecule has 2 rings (SSSR count). The first-order chi connectivity index (χ1) is 9.41. The molecule has 0 bridgehead atoms. The minimum Gasteiger partial charge on any atom is -0.362 e. The quantitative estimate of drug-likeness (QED) is 0.921. The van der Waals surface area contributed by atoms with Crippen LogP contribution in [-0.4, -0.2) is 19.7 Å². The Labute approximate surface area is 121 Å². The number of aromatic nitrogens is 4. The molecule has 0 aliphatic carbocycles. The maximum atomic E-state index is 12.9. The minimum atomic E-state index is -4.47. The molecule has 0 amide bonds. The van der Waals surface area contributed by atoms with E-state index in [1.807, 2.05) is 6.92 Å². The van der Waals surface area contributed by atoms with Crippen LogP contribution >= 0.6 is 15.9 Å². The van der Waals surface area contributed by atoms with Crippen LogP contribution in [0.5, 0.6) is 0 Å². The Kier molecular flexibility index (Phi) is 4.26. The fourth-order valence-electron chi connectivity index (χ4n) is 1.64. The number of rotatable bonds is 4. The van der Waals surface area contributed by atoms with Crippen molar-refractivity contribution in [2.75, 3.05) is 5.32 Å². The van der Waals surface area contributed by atoms with Gasteiger partial charge in [-0.2, -0.15) is 13.2 Å². The van der Waals surface area contributed by atoms with E-state index in [9.17, 15) is 13.2 Å². The summed E-state index contributed by atoms with van der Waals surface area (Å²) in [5, 5.41) is 10.2. The van der Waals surface area contributed by atoms with Crippen LogP contribution in [0.15, 0.2) is 23.1 Å². The summed E-state index contributed by atoms with van der Waals surface area (Å²) >= 11 is 2.98. The molecule has 108 valence electrons. The van der Waals surface area contributed by atoms with Gasteiger partial charge in [-0.05, 0) is 28.9 Å². The molecule has 0 radical (unpaired) electrons. The summed E-state index contributed by atoms with van der Waals surface area (Å²) in [6.07, 6.45) is -1.64. The van der Waals surface area contributed by atoms with Crippen molar-refractivity contribution >= 4 is 21.7 Å². The lowest BCUT2D eigenvalue weighted by Gasteiger charge is -2.13. The number of hydrogen-bond acceptors (Lipinski definition) is 4. The van der Waals surface area contributed by atoms with Crippen LogP contribution < -0.4 is 5.32 Å². The second kappa shape index (κ2) is 5.78. The van der Waals surface area contributed by atoms with E-state index in [1.165, 1.54) is 12.5 Å². The van der Waals surface area contributed by atoms with Gasteiger partial charge in [-0.25, -0.2) is 4.98 Å². The van der Waals surface area contributed by atoms with Crippen LogP contribution in [0.4, 0.5) is 19.0 Å².